The number of aromatic nitrogens is 1. The lowest BCUT2D eigenvalue weighted by Gasteiger charge is -2.26. The average molecular weight is 310 g/mol. The molecule has 0 amide bonds. The van der Waals surface area contributed by atoms with Crippen LogP contribution in [0.3, 0.4) is 0 Å². The highest BCUT2D eigenvalue weighted by molar-refractivity contribution is 5.59. The smallest absolute Gasteiger partial charge is 0.0793 e. The maximum Gasteiger partial charge on any atom is 0.0793 e. The molecular formula is C20H26N2O. The largest absolute Gasteiger partial charge is 0.377 e. The molecule has 2 aromatic rings. The van der Waals surface area contributed by atoms with Crippen LogP contribution in [0.2, 0.25) is 0 Å². The molecule has 0 unspecified atom stereocenters. The molecular weight excluding hydrogens is 284 g/mol. The number of benzene rings is 1. The third-order valence-corrected chi connectivity index (χ3v) is 4.71. The Bertz CT molecular complexity index is 601. The quantitative estimate of drug-likeness (QED) is 0.816. The lowest BCUT2D eigenvalue weighted by atomic mass is 10.0. The van der Waals surface area contributed by atoms with Gasteiger partial charge in [-0.3, -0.25) is 9.88 Å². The molecule has 122 valence electrons. The van der Waals surface area contributed by atoms with Crippen LogP contribution in [0.5, 0.6) is 0 Å². The average Bonchev–Trinajstić information content (AvgIpc) is 2.63. The number of pyridine rings is 1. The Morgan fingerprint density at radius 1 is 1.04 bits per heavy atom. The second-order valence-corrected chi connectivity index (χ2v) is 6.39. The van der Waals surface area contributed by atoms with Crippen LogP contribution in [0.25, 0.3) is 11.3 Å². The van der Waals surface area contributed by atoms with Gasteiger partial charge < -0.3 is 4.74 Å². The Morgan fingerprint density at radius 3 is 2.39 bits per heavy atom. The topological polar surface area (TPSA) is 25.4 Å². The number of piperidine rings is 1. The minimum Gasteiger partial charge on any atom is -0.377 e. The van der Waals surface area contributed by atoms with Crippen LogP contribution >= 0.6 is 0 Å². The molecule has 1 aliphatic heterocycles. The third-order valence-electron chi connectivity index (χ3n) is 4.71. The fourth-order valence-electron chi connectivity index (χ4n) is 3.13. The predicted molar refractivity (Wildman–Crippen MR) is 94.2 cm³/mol. The highest BCUT2D eigenvalue weighted by Crippen LogP contribution is 2.22. The van der Waals surface area contributed by atoms with Gasteiger partial charge in [-0.05, 0) is 50.0 Å². The minimum atomic E-state index is 0.129. The van der Waals surface area contributed by atoms with Crippen LogP contribution in [0.1, 0.15) is 43.4 Å². The highest BCUT2D eigenvalue weighted by Gasteiger charge is 2.11. The number of rotatable bonds is 5. The number of hydrogen-bond donors (Lipinski definition) is 0. The Hall–Kier alpha value is -1.71. The zero-order valence-corrected chi connectivity index (χ0v) is 14.2. The molecule has 3 nitrogen and oxygen atoms in total. The van der Waals surface area contributed by atoms with E-state index in [1.165, 1.54) is 43.5 Å². The van der Waals surface area contributed by atoms with E-state index in [-0.39, 0.29) is 6.10 Å². The van der Waals surface area contributed by atoms with Crippen molar-refractivity contribution >= 4 is 0 Å². The van der Waals surface area contributed by atoms with Crippen molar-refractivity contribution in [3.8, 4) is 11.3 Å². The van der Waals surface area contributed by atoms with Crippen molar-refractivity contribution in [2.24, 2.45) is 0 Å². The van der Waals surface area contributed by atoms with Gasteiger partial charge in [0, 0.05) is 25.4 Å². The number of nitrogens with zero attached hydrogens (tertiary/aromatic N) is 2. The second kappa shape index (κ2) is 7.71. The molecule has 3 heteroatoms. The maximum atomic E-state index is 5.35. The Labute approximate surface area is 139 Å². The molecule has 1 fully saturated rings. The van der Waals surface area contributed by atoms with Crippen LogP contribution < -0.4 is 0 Å². The number of methoxy groups -OCH3 is 1. The predicted octanol–water partition coefficient (Wildman–Crippen LogP) is 4.44. The fraction of sp³-hybridized carbons (Fsp3) is 0.450. The summed E-state index contributed by atoms with van der Waals surface area (Å²) in [4.78, 5) is 7.18. The molecule has 0 aliphatic carbocycles. The van der Waals surface area contributed by atoms with Crippen molar-refractivity contribution in [3.05, 3.63) is 53.7 Å². The molecule has 0 N–H and O–H groups in total. The SMILES string of the molecule is CO[C@@H](C)c1ccc(-c2ccc(CN3CCCCC3)cn2)cc1. The van der Waals surface area contributed by atoms with Crippen molar-refractivity contribution in [1.29, 1.82) is 0 Å². The molecule has 0 radical (unpaired) electrons. The van der Waals surface area contributed by atoms with Crippen molar-refractivity contribution in [2.75, 3.05) is 20.2 Å². The normalized spacial score (nSPS) is 17.1. The summed E-state index contributed by atoms with van der Waals surface area (Å²) < 4.78 is 5.35. The first-order valence-corrected chi connectivity index (χ1v) is 8.56. The van der Waals surface area contributed by atoms with E-state index < -0.39 is 0 Å². The van der Waals surface area contributed by atoms with Gasteiger partial charge >= 0.3 is 0 Å². The van der Waals surface area contributed by atoms with Gasteiger partial charge in [-0.15, -0.1) is 0 Å². The fourth-order valence-corrected chi connectivity index (χ4v) is 3.13. The van der Waals surface area contributed by atoms with Gasteiger partial charge in [0.15, 0.2) is 0 Å². The van der Waals surface area contributed by atoms with Crippen molar-refractivity contribution in [3.63, 3.8) is 0 Å². The molecule has 1 saturated heterocycles. The standard InChI is InChI=1S/C20H26N2O/c1-16(23-2)18-7-9-19(10-8-18)20-11-6-17(14-21-20)15-22-12-4-3-5-13-22/h6-11,14,16H,3-5,12-13,15H2,1-2H3/t16-/m0/s1. The van der Waals surface area contributed by atoms with Gasteiger partial charge in [-0.1, -0.05) is 36.8 Å². The van der Waals surface area contributed by atoms with Gasteiger partial charge in [-0.2, -0.15) is 0 Å². The molecule has 23 heavy (non-hydrogen) atoms. The zero-order valence-electron chi connectivity index (χ0n) is 14.2. The van der Waals surface area contributed by atoms with E-state index in [0.29, 0.717) is 0 Å². The van der Waals surface area contributed by atoms with Crippen LogP contribution in [0.15, 0.2) is 42.6 Å². The summed E-state index contributed by atoms with van der Waals surface area (Å²) >= 11 is 0. The molecule has 1 aliphatic rings. The molecule has 2 heterocycles. The summed E-state index contributed by atoms with van der Waals surface area (Å²) in [6.45, 7) is 5.53. The molecule has 0 saturated carbocycles. The van der Waals surface area contributed by atoms with Gasteiger partial charge in [0.2, 0.25) is 0 Å². The Balaban J connectivity index is 1.66. The van der Waals surface area contributed by atoms with Gasteiger partial charge in [-0.25, -0.2) is 0 Å². The molecule has 1 aromatic heterocycles. The Morgan fingerprint density at radius 2 is 1.78 bits per heavy atom. The Kier molecular flexibility index (Phi) is 5.42. The first-order chi connectivity index (χ1) is 11.3. The number of likely N-dealkylation sites (tertiary alicyclic amines) is 1. The van der Waals surface area contributed by atoms with Crippen molar-refractivity contribution < 1.29 is 4.74 Å². The zero-order chi connectivity index (χ0) is 16.1. The molecule has 0 spiro atoms. The van der Waals surface area contributed by atoms with Gasteiger partial charge in [0.05, 0.1) is 11.8 Å². The lowest BCUT2D eigenvalue weighted by molar-refractivity contribution is 0.119. The first-order valence-electron chi connectivity index (χ1n) is 8.56. The summed E-state index contributed by atoms with van der Waals surface area (Å²) in [6.07, 6.45) is 6.19. The summed E-state index contributed by atoms with van der Waals surface area (Å²) in [5.74, 6) is 0. The van der Waals surface area contributed by atoms with E-state index in [9.17, 15) is 0 Å². The van der Waals surface area contributed by atoms with Crippen molar-refractivity contribution in [2.45, 2.75) is 38.8 Å². The third kappa shape index (κ3) is 4.18. The van der Waals surface area contributed by atoms with E-state index in [2.05, 4.69) is 53.2 Å². The van der Waals surface area contributed by atoms with Gasteiger partial charge in [0.25, 0.3) is 0 Å². The summed E-state index contributed by atoms with van der Waals surface area (Å²) in [7, 11) is 1.74. The molecule has 3 rings (SSSR count). The highest BCUT2D eigenvalue weighted by atomic mass is 16.5. The van der Waals surface area contributed by atoms with Crippen LogP contribution in [-0.2, 0) is 11.3 Å². The van der Waals surface area contributed by atoms with Crippen LogP contribution in [0.4, 0.5) is 0 Å². The van der Waals surface area contributed by atoms with E-state index in [0.717, 1.165) is 17.8 Å². The van der Waals surface area contributed by atoms with Crippen molar-refractivity contribution in [1.82, 2.24) is 9.88 Å². The maximum absolute atomic E-state index is 5.35. The van der Waals surface area contributed by atoms with Gasteiger partial charge in [0.1, 0.15) is 0 Å². The summed E-state index contributed by atoms with van der Waals surface area (Å²) in [5, 5.41) is 0. The van der Waals surface area contributed by atoms with Crippen LogP contribution in [-0.4, -0.2) is 30.1 Å². The monoisotopic (exact) mass is 310 g/mol. The summed E-state index contributed by atoms with van der Waals surface area (Å²) in [5.41, 5.74) is 4.68. The second-order valence-electron chi connectivity index (χ2n) is 6.39. The molecule has 0 bridgehead atoms. The van der Waals surface area contributed by atoms with E-state index in [1.54, 1.807) is 7.11 Å². The van der Waals surface area contributed by atoms with E-state index >= 15 is 0 Å². The molecule has 1 aromatic carbocycles. The molecule has 1 atom stereocenters. The lowest BCUT2D eigenvalue weighted by Crippen LogP contribution is -2.29. The van der Waals surface area contributed by atoms with E-state index in [4.69, 9.17) is 4.74 Å². The van der Waals surface area contributed by atoms with Crippen LogP contribution in [0, 0.1) is 0 Å². The first kappa shape index (κ1) is 16.2. The summed E-state index contributed by atoms with van der Waals surface area (Å²) in [6, 6.07) is 12.8. The number of ether oxygens (including phenoxy) is 1. The number of hydrogen-bond acceptors (Lipinski definition) is 3. The minimum absolute atomic E-state index is 0.129. The van der Waals surface area contributed by atoms with E-state index in [1.807, 2.05) is 6.20 Å².